The Morgan fingerprint density at radius 1 is 1.14 bits per heavy atom. The summed E-state index contributed by atoms with van der Waals surface area (Å²) in [7, 11) is 0. The molecule has 1 fully saturated rings. The number of benzene rings is 1. The Morgan fingerprint density at radius 2 is 2.04 bits per heavy atom. The molecule has 3 heterocycles. The topological polar surface area (TPSA) is 62.5 Å². The number of amides is 1. The van der Waals surface area contributed by atoms with Crippen LogP contribution < -0.4 is 0 Å². The summed E-state index contributed by atoms with van der Waals surface area (Å²) < 4.78 is 5.50. The smallest absolute Gasteiger partial charge is 0.239 e. The summed E-state index contributed by atoms with van der Waals surface area (Å²) in [6, 6.07) is 13.9. The van der Waals surface area contributed by atoms with Crippen molar-refractivity contribution >= 4 is 5.91 Å². The molecule has 6 nitrogen and oxygen atoms in total. The van der Waals surface area contributed by atoms with E-state index in [1.54, 1.807) is 12.4 Å². The van der Waals surface area contributed by atoms with Crippen molar-refractivity contribution in [2.75, 3.05) is 13.1 Å². The van der Waals surface area contributed by atoms with Crippen molar-refractivity contribution in [1.29, 1.82) is 0 Å². The van der Waals surface area contributed by atoms with Crippen LogP contribution in [-0.2, 0) is 17.9 Å². The highest BCUT2D eigenvalue weighted by Gasteiger charge is 2.32. The first kappa shape index (κ1) is 18.4. The molecule has 1 aromatic carbocycles. The number of aromatic nitrogens is 2. The van der Waals surface area contributed by atoms with E-state index in [1.165, 1.54) is 11.1 Å². The van der Waals surface area contributed by atoms with Gasteiger partial charge in [0.1, 0.15) is 5.69 Å². The average molecular weight is 376 g/mol. The molecule has 2 aromatic heterocycles. The molecule has 1 saturated heterocycles. The fourth-order valence-electron chi connectivity index (χ4n) is 3.62. The predicted molar refractivity (Wildman–Crippen MR) is 106 cm³/mol. The molecule has 1 aliphatic heterocycles. The van der Waals surface area contributed by atoms with Gasteiger partial charge in [-0.2, -0.15) is 0 Å². The Balaban J connectivity index is 1.40. The van der Waals surface area contributed by atoms with E-state index in [4.69, 9.17) is 4.52 Å². The van der Waals surface area contributed by atoms with Gasteiger partial charge in [0.25, 0.3) is 0 Å². The van der Waals surface area contributed by atoms with Gasteiger partial charge in [-0.3, -0.25) is 14.7 Å². The lowest BCUT2D eigenvalue weighted by atomic mass is 10.1. The molecule has 0 N–H and O–H groups in total. The minimum absolute atomic E-state index is 0.153. The van der Waals surface area contributed by atoms with Crippen molar-refractivity contribution in [2.24, 2.45) is 0 Å². The number of nitrogens with zero attached hydrogens (tertiary/aromatic N) is 4. The first-order valence-electron chi connectivity index (χ1n) is 9.54. The zero-order valence-electron chi connectivity index (χ0n) is 16.2. The van der Waals surface area contributed by atoms with E-state index in [-0.39, 0.29) is 11.9 Å². The van der Waals surface area contributed by atoms with Crippen LogP contribution in [0.5, 0.6) is 0 Å². The quantitative estimate of drug-likeness (QED) is 0.684. The molecule has 0 radical (unpaired) electrons. The molecule has 1 amide bonds. The van der Waals surface area contributed by atoms with E-state index in [2.05, 4.69) is 40.2 Å². The summed E-state index contributed by atoms with van der Waals surface area (Å²) in [5, 5.41) is 4.14. The number of carbonyl (C=O) groups is 1. The number of aryl methyl sites for hydroxylation is 1. The Morgan fingerprint density at radius 3 is 2.82 bits per heavy atom. The Kier molecular flexibility index (Phi) is 5.21. The van der Waals surface area contributed by atoms with Gasteiger partial charge in [-0.15, -0.1) is 0 Å². The predicted octanol–water partition coefficient (Wildman–Crippen LogP) is 3.28. The summed E-state index contributed by atoms with van der Waals surface area (Å²) in [6.07, 6.45) is 3.49. The highest BCUT2D eigenvalue weighted by molar-refractivity contribution is 5.82. The van der Waals surface area contributed by atoms with Crippen molar-refractivity contribution in [1.82, 2.24) is 19.9 Å². The molecule has 0 bridgehead atoms. The second-order valence-corrected chi connectivity index (χ2v) is 7.32. The van der Waals surface area contributed by atoms with Gasteiger partial charge in [-0.05, 0) is 31.5 Å². The Hall–Kier alpha value is -2.99. The van der Waals surface area contributed by atoms with Gasteiger partial charge < -0.3 is 9.42 Å². The molecule has 0 spiro atoms. The molecule has 3 aromatic rings. The number of pyridine rings is 1. The van der Waals surface area contributed by atoms with E-state index < -0.39 is 0 Å². The third kappa shape index (κ3) is 3.97. The number of carbonyl (C=O) groups excluding carboxylic acids is 1. The summed E-state index contributed by atoms with van der Waals surface area (Å²) in [4.78, 5) is 21.1. The molecule has 144 valence electrons. The normalized spacial score (nSPS) is 17.9. The van der Waals surface area contributed by atoms with Crippen LogP contribution in [0.3, 0.4) is 0 Å². The van der Waals surface area contributed by atoms with Crippen LogP contribution >= 0.6 is 0 Å². The minimum Gasteiger partial charge on any atom is -0.359 e. The fourth-order valence-corrected chi connectivity index (χ4v) is 3.62. The molecule has 0 unspecified atom stereocenters. The monoisotopic (exact) mass is 376 g/mol. The fraction of sp³-hybridized carbons (Fsp3) is 0.318. The van der Waals surface area contributed by atoms with E-state index in [0.717, 1.165) is 23.6 Å². The van der Waals surface area contributed by atoms with Crippen molar-refractivity contribution in [3.8, 4) is 11.3 Å². The van der Waals surface area contributed by atoms with Crippen molar-refractivity contribution in [3.63, 3.8) is 0 Å². The van der Waals surface area contributed by atoms with Crippen LogP contribution in [0.1, 0.15) is 23.8 Å². The molecular weight excluding hydrogens is 352 g/mol. The van der Waals surface area contributed by atoms with Crippen molar-refractivity contribution in [3.05, 3.63) is 71.7 Å². The van der Waals surface area contributed by atoms with Crippen molar-refractivity contribution in [2.45, 2.75) is 33.0 Å². The highest BCUT2D eigenvalue weighted by atomic mass is 16.5. The van der Waals surface area contributed by atoms with Crippen LogP contribution in [0.25, 0.3) is 11.3 Å². The average Bonchev–Trinajstić information content (AvgIpc) is 3.17. The van der Waals surface area contributed by atoms with Crippen LogP contribution in [0.2, 0.25) is 0 Å². The van der Waals surface area contributed by atoms with Crippen LogP contribution in [-0.4, -0.2) is 45.0 Å². The molecular formula is C22H24N4O2. The van der Waals surface area contributed by atoms with Gasteiger partial charge >= 0.3 is 0 Å². The van der Waals surface area contributed by atoms with Gasteiger partial charge in [-0.25, -0.2) is 0 Å². The maximum Gasteiger partial charge on any atom is 0.239 e. The Bertz CT molecular complexity index is 954. The van der Waals surface area contributed by atoms with E-state index in [0.29, 0.717) is 19.6 Å². The lowest BCUT2D eigenvalue weighted by Gasteiger charge is -2.38. The summed E-state index contributed by atoms with van der Waals surface area (Å²) in [5.74, 6) is 0.908. The third-order valence-electron chi connectivity index (χ3n) is 5.21. The van der Waals surface area contributed by atoms with Gasteiger partial charge in [0.2, 0.25) is 5.91 Å². The molecule has 28 heavy (non-hydrogen) atoms. The zero-order chi connectivity index (χ0) is 19.5. The highest BCUT2D eigenvalue weighted by Crippen LogP contribution is 2.21. The number of rotatable bonds is 5. The second kappa shape index (κ2) is 7.94. The molecule has 0 aliphatic carbocycles. The van der Waals surface area contributed by atoms with Crippen LogP contribution in [0.15, 0.2) is 59.4 Å². The third-order valence-corrected chi connectivity index (χ3v) is 5.21. The van der Waals surface area contributed by atoms with E-state index >= 15 is 0 Å². The van der Waals surface area contributed by atoms with Gasteiger partial charge in [0, 0.05) is 43.7 Å². The van der Waals surface area contributed by atoms with Gasteiger partial charge in [0.05, 0.1) is 12.6 Å². The largest absolute Gasteiger partial charge is 0.359 e. The number of hydrogen-bond donors (Lipinski definition) is 0. The molecule has 1 atom stereocenters. The van der Waals surface area contributed by atoms with E-state index in [1.807, 2.05) is 36.1 Å². The molecule has 0 saturated carbocycles. The van der Waals surface area contributed by atoms with E-state index in [9.17, 15) is 4.79 Å². The minimum atomic E-state index is -0.189. The first-order chi connectivity index (χ1) is 13.6. The second-order valence-electron chi connectivity index (χ2n) is 7.32. The maximum absolute atomic E-state index is 12.9. The molecule has 6 heteroatoms. The zero-order valence-corrected chi connectivity index (χ0v) is 16.2. The standard InChI is InChI=1S/C22H24N4O2/c1-16-5-3-6-18(11-16)14-26-10-9-25(17(2)22(26)27)15-20-12-21(24-28-20)19-7-4-8-23-13-19/h3-8,11-13,17H,9-10,14-15H2,1-2H3/t17-/m1/s1. The summed E-state index contributed by atoms with van der Waals surface area (Å²) in [6.45, 7) is 6.78. The summed E-state index contributed by atoms with van der Waals surface area (Å²) >= 11 is 0. The summed E-state index contributed by atoms with van der Waals surface area (Å²) in [5.41, 5.74) is 4.07. The number of hydrogen-bond acceptors (Lipinski definition) is 5. The molecule has 4 rings (SSSR count). The van der Waals surface area contributed by atoms with Crippen LogP contribution in [0.4, 0.5) is 0 Å². The maximum atomic E-state index is 12.9. The molecule has 1 aliphatic rings. The Labute approximate surface area is 164 Å². The SMILES string of the molecule is Cc1cccc(CN2CCN(Cc3cc(-c4cccnc4)no3)[C@H](C)C2=O)c1. The number of piperazine rings is 1. The van der Waals surface area contributed by atoms with Crippen LogP contribution in [0, 0.1) is 6.92 Å². The van der Waals surface area contributed by atoms with Gasteiger partial charge in [-0.1, -0.05) is 35.0 Å². The van der Waals surface area contributed by atoms with Gasteiger partial charge in [0.15, 0.2) is 5.76 Å². The lowest BCUT2D eigenvalue weighted by Crippen LogP contribution is -2.54. The van der Waals surface area contributed by atoms with Crippen molar-refractivity contribution < 1.29 is 9.32 Å². The first-order valence-corrected chi connectivity index (χ1v) is 9.54. The lowest BCUT2D eigenvalue weighted by molar-refractivity contribution is -0.142.